The van der Waals surface area contributed by atoms with Gasteiger partial charge in [0.15, 0.2) is 0 Å². The SMILES string of the molecule is O=[C]OC(C(=O)OCc1ccc([N+](=O)[O-])cc1)c1ccccc1[N+](=O)[O-]. The van der Waals surface area contributed by atoms with E-state index in [0.717, 1.165) is 12.5 Å². The van der Waals surface area contributed by atoms with Gasteiger partial charge in [-0.05, 0) is 23.8 Å². The zero-order valence-corrected chi connectivity index (χ0v) is 13.1. The van der Waals surface area contributed by atoms with Crippen LogP contribution in [0.3, 0.4) is 0 Å². The van der Waals surface area contributed by atoms with Crippen molar-refractivity contribution in [1.82, 2.24) is 0 Å². The molecule has 2 aromatic carbocycles. The van der Waals surface area contributed by atoms with E-state index in [9.17, 15) is 29.8 Å². The minimum Gasteiger partial charge on any atom is -0.458 e. The molecule has 10 nitrogen and oxygen atoms in total. The molecule has 0 fully saturated rings. The van der Waals surface area contributed by atoms with E-state index < -0.39 is 27.6 Å². The van der Waals surface area contributed by atoms with Crippen LogP contribution in [0, 0.1) is 20.2 Å². The van der Waals surface area contributed by atoms with Gasteiger partial charge < -0.3 is 9.47 Å². The Balaban J connectivity index is 2.15. The Kier molecular flexibility index (Phi) is 5.93. The van der Waals surface area contributed by atoms with Gasteiger partial charge in [0.2, 0.25) is 6.10 Å². The zero-order valence-electron chi connectivity index (χ0n) is 13.1. The molecule has 2 rings (SSSR count). The van der Waals surface area contributed by atoms with Gasteiger partial charge >= 0.3 is 12.4 Å². The topological polar surface area (TPSA) is 139 Å². The number of carbonyl (C=O) groups is 1. The van der Waals surface area contributed by atoms with Gasteiger partial charge in [0.05, 0.1) is 15.4 Å². The summed E-state index contributed by atoms with van der Waals surface area (Å²) in [4.78, 5) is 43.1. The van der Waals surface area contributed by atoms with Crippen LogP contribution in [-0.4, -0.2) is 22.3 Å². The third-order valence-corrected chi connectivity index (χ3v) is 3.32. The molecule has 2 aromatic rings. The highest BCUT2D eigenvalue weighted by Crippen LogP contribution is 2.28. The first-order chi connectivity index (χ1) is 12.4. The molecular formula is C16H11N2O8. The van der Waals surface area contributed by atoms with E-state index >= 15 is 0 Å². The molecule has 0 aliphatic rings. The quantitative estimate of drug-likeness (QED) is 0.397. The number of non-ortho nitro benzene ring substituents is 1. The maximum Gasteiger partial charge on any atom is 0.418 e. The summed E-state index contributed by atoms with van der Waals surface area (Å²) in [5, 5.41) is 21.7. The smallest absolute Gasteiger partial charge is 0.418 e. The van der Waals surface area contributed by atoms with Gasteiger partial charge in [-0.25, -0.2) is 9.59 Å². The third kappa shape index (κ3) is 4.38. The number of nitrogens with zero attached hydrogens (tertiary/aromatic N) is 2. The minimum absolute atomic E-state index is 0.128. The molecular weight excluding hydrogens is 348 g/mol. The summed E-state index contributed by atoms with van der Waals surface area (Å²) in [6, 6.07) is 10.5. The maximum atomic E-state index is 12.2. The molecule has 0 aliphatic carbocycles. The molecule has 0 saturated heterocycles. The number of hydrogen-bond acceptors (Lipinski definition) is 8. The van der Waals surface area contributed by atoms with Gasteiger partial charge in [0.25, 0.3) is 11.4 Å². The molecule has 0 amide bonds. The van der Waals surface area contributed by atoms with Crippen molar-refractivity contribution in [3.63, 3.8) is 0 Å². The fourth-order valence-corrected chi connectivity index (χ4v) is 2.11. The first-order valence-electron chi connectivity index (χ1n) is 7.10. The van der Waals surface area contributed by atoms with Gasteiger partial charge in [-0.2, -0.15) is 0 Å². The summed E-state index contributed by atoms with van der Waals surface area (Å²) in [7, 11) is 0. The third-order valence-electron chi connectivity index (χ3n) is 3.32. The fourth-order valence-electron chi connectivity index (χ4n) is 2.11. The highest BCUT2D eigenvalue weighted by Gasteiger charge is 2.31. The van der Waals surface area contributed by atoms with Gasteiger partial charge in [0, 0.05) is 18.2 Å². The lowest BCUT2D eigenvalue weighted by Crippen LogP contribution is -2.19. The van der Waals surface area contributed by atoms with Gasteiger partial charge in [-0.1, -0.05) is 12.1 Å². The predicted octanol–water partition coefficient (Wildman–Crippen LogP) is 2.37. The summed E-state index contributed by atoms with van der Waals surface area (Å²) < 4.78 is 9.54. The molecule has 1 radical (unpaired) electrons. The summed E-state index contributed by atoms with van der Waals surface area (Å²) in [5.41, 5.74) is -0.258. The van der Waals surface area contributed by atoms with Crippen molar-refractivity contribution in [2.75, 3.05) is 0 Å². The number of para-hydroxylation sites is 1. The second-order valence-corrected chi connectivity index (χ2v) is 4.93. The molecule has 1 unspecified atom stereocenters. The number of nitro groups is 2. The van der Waals surface area contributed by atoms with Crippen molar-refractivity contribution < 1.29 is 28.9 Å². The fraction of sp³-hybridized carbons (Fsp3) is 0.125. The van der Waals surface area contributed by atoms with Crippen molar-refractivity contribution in [3.05, 3.63) is 79.9 Å². The number of rotatable bonds is 8. The van der Waals surface area contributed by atoms with E-state index in [1.807, 2.05) is 0 Å². The van der Waals surface area contributed by atoms with Crippen LogP contribution >= 0.6 is 0 Å². The van der Waals surface area contributed by atoms with Crippen molar-refractivity contribution >= 4 is 23.8 Å². The second-order valence-electron chi connectivity index (χ2n) is 4.93. The lowest BCUT2D eigenvalue weighted by atomic mass is 10.1. The van der Waals surface area contributed by atoms with Gasteiger partial charge in [0.1, 0.15) is 6.61 Å². The van der Waals surface area contributed by atoms with Crippen LogP contribution < -0.4 is 0 Å². The zero-order chi connectivity index (χ0) is 19.1. The van der Waals surface area contributed by atoms with E-state index in [1.54, 1.807) is 0 Å². The van der Waals surface area contributed by atoms with E-state index in [4.69, 9.17) is 4.74 Å². The first-order valence-corrected chi connectivity index (χ1v) is 7.10. The Morgan fingerprint density at radius 2 is 1.69 bits per heavy atom. The number of carbonyl (C=O) groups excluding carboxylic acids is 2. The Labute approximate surface area is 146 Å². The maximum absolute atomic E-state index is 12.2. The largest absolute Gasteiger partial charge is 0.458 e. The van der Waals surface area contributed by atoms with Crippen molar-refractivity contribution in [3.8, 4) is 0 Å². The van der Waals surface area contributed by atoms with Gasteiger partial charge in [-0.15, -0.1) is 0 Å². The standard InChI is InChI=1S/C16H11N2O8/c19-10-26-15(13-3-1-2-4-14(13)18(23)24)16(20)25-9-11-5-7-12(8-6-11)17(21)22/h1-8,15H,9H2. The minimum atomic E-state index is -1.66. The first kappa shape index (κ1) is 18.5. The van der Waals surface area contributed by atoms with Crippen LogP contribution in [0.25, 0.3) is 0 Å². The molecule has 0 saturated carbocycles. The normalized spacial score (nSPS) is 11.2. The van der Waals surface area contributed by atoms with Crippen molar-refractivity contribution in [2.45, 2.75) is 12.7 Å². The number of ether oxygens (including phenoxy) is 2. The van der Waals surface area contributed by atoms with Crippen molar-refractivity contribution in [2.24, 2.45) is 0 Å². The summed E-state index contributed by atoms with van der Waals surface area (Å²) in [6.45, 7) is 0.815. The Hall–Kier alpha value is -3.82. The van der Waals surface area contributed by atoms with Crippen LogP contribution in [0.15, 0.2) is 48.5 Å². The van der Waals surface area contributed by atoms with Crippen LogP contribution in [-0.2, 0) is 25.7 Å². The average molecular weight is 359 g/mol. The summed E-state index contributed by atoms with van der Waals surface area (Å²) in [5.74, 6) is -1.04. The summed E-state index contributed by atoms with van der Waals surface area (Å²) >= 11 is 0. The Morgan fingerprint density at radius 1 is 1.04 bits per heavy atom. The molecule has 0 bridgehead atoms. The molecule has 1 atom stereocenters. The predicted molar refractivity (Wildman–Crippen MR) is 85.5 cm³/mol. The van der Waals surface area contributed by atoms with E-state index in [1.165, 1.54) is 42.5 Å². The van der Waals surface area contributed by atoms with E-state index in [2.05, 4.69) is 4.74 Å². The summed E-state index contributed by atoms with van der Waals surface area (Å²) in [6.07, 6.45) is -1.66. The molecule has 0 aromatic heterocycles. The van der Waals surface area contributed by atoms with E-state index in [0.29, 0.717) is 5.56 Å². The van der Waals surface area contributed by atoms with Crippen LogP contribution in [0.1, 0.15) is 17.2 Å². The Morgan fingerprint density at radius 3 is 2.27 bits per heavy atom. The highest BCUT2D eigenvalue weighted by atomic mass is 16.6. The molecule has 10 heteroatoms. The number of esters is 1. The molecule has 0 N–H and O–H groups in total. The number of benzene rings is 2. The molecule has 133 valence electrons. The average Bonchev–Trinajstić information content (AvgIpc) is 2.64. The monoisotopic (exact) mass is 359 g/mol. The van der Waals surface area contributed by atoms with Crippen molar-refractivity contribution in [1.29, 1.82) is 0 Å². The number of hydrogen-bond donors (Lipinski definition) is 0. The van der Waals surface area contributed by atoms with E-state index in [-0.39, 0.29) is 17.9 Å². The molecule has 0 aliphatic heterocycles. The van der Waals surface area contributed by atoms with Crippen LogP contribution in [0.5, 0.6) is 0 Å². The molecule has 0 spiro atoms. The lowest BCUT2D eigenvalue weighted by Gasteiger charge is -2.14. The molecule has 0 heterocycles. The van der Waals surface area contributed by atoms with Crippen LogP contribution in [0.2, 0.25) is 0 Å². The lowest BCUT2D eigenvalue weighted by molar-refractivity contribution is -0.386. The highest BCUT2D eigenvalue weighted by molar-refractivity contribution is 5.79. The molecule has 26 heavy (non-hydrogen) atoms. The Bertz CT molecular complexity index is 834. The number of nitro benzene ring substituents is 2. The van der Waals surface area contributed by atoms with Crippen LogP contribution in [0.4, 0.5) is 11.4 Å². The second kappa shape index (κ2) is 8.33. The van der Waals surface area contributed by atoms with Gasteiger partial charge in [-0.3, -0.25) is 20.2 Å².